The number of hydrogen-bond donors (Lipinski definition) is 2. The molecule has 1 unspecified atom stereocenters. The summed E-state index contributed by atoms with van der Waals surface area (Å²) >= 11 is 0. The lowest BCUT2D eigenvalue weighted by molar-refractivity contribution is -0.273. The highest BCUT2D eigenvalue weighted by atomic mass is 19.4. The largest absolute Gasteiger partial charge is 0.463 e. The van der Waals surface area contributed by atoms with E-state index in [2.05, 4.69) is 5.32 Å². The van der Waals surface area contributed by atoms with Crippen LogP contribution in [-0.2, 0) is 10.4 Å². The summed E-state index contributed by atoms with van der Waals surface area (Å²) in [7, 11) is 0. The molecule has 4 nitrogen and oxygen atoms in total. The Labute approximate surface area is 115 Å². The molecule has 0 aliphatic heterocycles. The summed E-state index contributed by atoms with van der Waals surface area (Å²) in [5.74, 6) is -1.38. The molecule has 7 heteroatoms. The first-order valence-corrected chi connectivity index (χ1v) is 6.02. The van der Waals surface area contributed by atoms with Crippen molar-refractivity contribution in [1.29, 1.82) is 0 Å². The first-order chi connectivity index (χ1) is 8.85. The maximum Gasteiger partial charge on any atom is 0.425 e. The summed E-state index contributed by atoms with van der Waals surface area (Å²) in [6.45, 7) is 6.35. The molecule has 0 bridgehead atoms. The van der Waals surface area contributed by atoms with Crippen LogP contribution < -0.4 is 5.32 Å². The first kappa shape index (κ1) is 16.6. The number of rotatable bonds is 3. The lowest BCUT2D eigenvalue weighted by Gasteiger charge is -2.29. The summed E-state index contributed by atoms with van der Waals surface area (Å²) in [4.78, 5) is 11.7. The van der Waals surface area contributed by atoms with Crippen molar-refractivity contribution in [3.63, 3.8) is 0 Å². The second kappa shape index (κ2) is 5.12. The van der Waals surface area contributed by atoms with Crippen LogP contribution in [0.2, 0.25) is 0 Å². The zero-order chi connectivity index (χ0) is 15.8. The van der Waals surface area contributed by atoms with Gasteiger partial charge in [-0.25, -0.2) is 0 Å². The van der Waals surface area contributed by atoms with Gasteiger partial charge >= 0.3 is 6.18 Å². The van der Waals surface area contributed by atoms with E-state index in [9.17, 15) is 23.1 Å². The predicted octanol–water partition coefficient (Wildman–Crippen LogP) is 2.64. The molecular weight excluding hydrogens is 275 g/mol. The van der Waals surface area contributed by atoms with E-state index >= 15 is 0 Å². The van der Waals surface area contributed by atoms with Gasteiger partial charge in [-0.3, -0.25) is 4.79 Å². The summed E-state index contributed by atoms with van der Waals surface area (Å²) in [5.41, 5.74) is -4.03. The lowest BCUT2D eigenvalue weighted by atomic mass is 9.94. The van der Waals surface area contributed by atoms with Crippen molar-refractivity contribution >= 4 is 5.91 Å². The SMILES string of the molecule is Cc1ccc(C(O)(CC(=O)NC(C)(C)C)C(F)(F)F)o1. The predicted molar refractivity (Wildman–Crippen MR) is 65.9 cm³/mol. The number of aryl methyl sites for hydroxylation is 1. The highest BCUT2D eigenvalue weighted by molar-refractivity contribution is 5.78. The Balaban J connectivity index is 3.06. The molecule has 0 aliphatic carbocycles. The van der Waals surface area contributed by atoms with Gasteiger partial charge in [0.25, 0.3) is 0 Å². The molecule has 0 spiro atoms. The van der Waals surface area contributed by atoms with Crippen molar-refractivity contribution in [2.24, 2.45) is 0 Å². The number of furan rings is 1. The van der Waals surface area contributed by atoms with Crippen molar-refractivity contribution in [2.75, 3.05) is 0 Å². The van der Waals surface area contributed by atoms with Crippen LogP contribution in [0.5, 0.6) is 0 Å². The molecule has 20 heavy (non-hydrogen) atoms. The number of aliphatic hydroxyl groups is 1. The molecule has 1 rings (SSSR count). The third kappa shape index (κ3) is 3.75. The number of amides is 1. The number of hydrogen-bond acceptors (Lipinski definition) is 3. The fraction of sp³-hybridized carbons (Fsp3) is 0.615. The average Bonchev–Trinajstić information content (AvgIpc) is 2.59. The van der Waals surface area contributed by atoms with Crippen LogP contribution in [0.3, 0.4) is 0 Å². The maximum absolute atomic E-state index is 13.1. The van der Waals surface area contributed by atoms with E-state index in [4.69, 9.17) is 4.42 Å². The Bertz CT molecular complexity index is 488. The van der Waals surface area contributed by atoms with E-state index in [1.165, 1.54) is 13.0 Å². The number of carbonyl (C=O) groups is 1. The second-order valence-electron chi connectivity index (χ2n) is 5.74. The zero-order valence-corrected chi connectivity index (χ0v) is 11.8. The fourth-order valence-electron chi connectivity index (χ4n) is 1.68. The summed E-state index contributed by atoms with van der Waals surface area (Å²) in [5, 5.41) is 12.3. The van der Waals surface area contributed by atoms with Crippen LogP contribution in [0, 0.1) is 6.92 Å². The Morgan fingerprint density at radius 1 is 1.30 bits per heavy atom. The third-order valence-corrected chi connectivity index (χ3v) is 2.55. The van der Waals surface area contributed by atoms with Gasteiger partial charge in [0.05, 0.1) is 6.42 Å². The van der Waals surface area contributed by atoms with Crippen LogP contribution in [0.1, 0.15) is 38.7 Å². The van der Waals surface area contributed by atoms with Crippen LogP contribution in [0.25, 0.3) is 0 Å². The summed E-state index contributed by atoms with van der Waals surface area (Å²) < 4.78 is 44.2. The van der Waals surface area contributed by atoms with Gasteiger partial charge in [-0.1, -0.05) is 0 Å². The highest BCUT2D eigenvalue weighted by Gasteiger charge is 2.58. The van der Waals surface area contributed by atoms with E-state index in [-0.39, 0.29) is 5.76 Å². The standard InChI is InChI=1S/C13H18F3NO3/c1-8-5-6-9(20-8)12(19,13(14,15)16)7-10(18)17-11(2,3)4/h5-6,19H,7H2,1-4H3,(H,17,18). The van der Waals surface area contributed by atoms with Gasteiger partial charge in [0.15, 0.2) is 0 Å². The van der Waals surface area contributed by atoms with Crippen molar-refractivity contribution in [3.8, 4) is 0 Å². The second-order valence-corrected chi connectivity index (χ2v) is 5.74. The smallest absolute Gasteiger partial charge is 0.425 e. The summed E-state index contributed by atoms with van der Waals surface area (Å²) in [6.07, 6.45) is -6.17. The number of halogens is 3. The molecule has 0 aromatic carbocycles. The Hall–Kier alpha value is -1.50. The number of carbonyl (C=O) groups excluding carboxylic acids is 1. The van der Waals surface area contributed by atoms with Crippen molar-refractivity contribution in [3.05, 3.63) is 23.7 Å². The lowest BCUT2D eigenvalue weighted by Crippen LogP contribution is -2.49. The van der Waals surface area contributed by atoms with Crippen LogP contribution in [0.4, 0.5) is 13.2 Å². The molecule has 1 amide bonds. The van der Waals surface area contributed by atoms with Crippen LogP contribution in [-0.4, -0.2) is 22.7 Å². The molecule has 2 N–H and O–H groups in total. The zero-order valence-electron chi connectivity index (χ0n) is 11.8. The molecule has 1 atom stereocenters. The quantitative estimate of drug-likeness (QED) is 0.900. The minimum absolute atomic E-state index is 0.221. The van der Waals surface area contributed by atoms with E-state index in [0.717, 1.165) is 6.07 Å². The van der Waals surface area contributed by atoms with E-state index < -0.39 is 35.4 Å². The molecule has 0 saturated carbocycles. The Kier molecular flexibility index (Phi) is 4.24. The summed E-state index contributed by atoms with van der Waals surface area (Å²) in [6, 6.07) is 2.32. The monoisotopic (exact) mass is 293 g/mol. The third-order valence-electron chi connectivity index (χ3n) is 2.55. The average molecular weight is 293 g/mol. The van der Waals surface area contributed by atoms with Crippen molar-refractivity contribution in [1.82, 2.24) is 5.32 Å². The minimum Gasteiger partial charge on any atom is -0.463 e. The van der Waals surface area contributed by atoms with Crippen molar-refractivity contribution < 1.29 is 27.5 Å². The normalized spacial score (nSPS) is 15.8. The van der Waals surface area contributed by atoms with Gasteiger partial charge in [-0.05, 0) is 39.8 Å². The molecule has 1 heterocycles. The van der Waals surface area contributed by atoms with Crippen molar-refractivity contribution in [2.45, 2.75) is 51.4 Å². The molecule has 0 saturated heterocycles. The molecule has 1 aromatic rings. The first-order valence-electron chi connectivity index (χ1n) is 6.02. The number of alkyl halides is 3. The molecule has 114 valence electrons. The van der Waals surface area contributed by atoms with E-state index in [1.807, 2.05) is 0 Å². The van der Waals surface area contributed by atoms with E-state index in [0.29, 0.717) is 0 Å². The Morgan fingerprint density at radius 3 is 2.20 bits per heavy atom. The Morgan fingerprint density at radius 2 is 1.85 bits per heavy atom. The molecule has 0 fully saturated rings. The molecule has 0 radical (unpaired) electrons. The van der Waals surface area contributed by atoms with Gasteiger partial charge in [-0.15, -0.1) is 0 Å². The van der Waals surface area contributed by atoms with Crippen LogP contribution >= 0.6 is 0 Å². The molecular formula is C13H18F3NO3. The minimum atomic E-state index is -5.02. The van der Waals surface area contributed by atoms with Gasteiger partial charge in [0.2, 0.25) is 11.5 Å². The van der Waals surface area contributed by atoms with Gasteiger partial charge in [0, 0.05) is 5.54 Å². The van der Waals surface area contributed by atoms with Gasteiger partial charge in [0.1, 0.15) is 11.5 Å². The molecule has 0 aliphatic rings. The fourth-order valence-corrected chi connectivity index (χ4v) is 1.68. The van der Waals surface area contributed by atoms with Crippen LogP contribution in [0.15, 0.2) is 16.5 Å². The van der Waals surface area contributed by atoms with Gasteiger partial charge < -0.3 is 14.8 Å². The maximum atomic E-state index is 13.1. The molecule has 1 aromatic heterocycles. The van der Waals surface area contributed by atoms with Gasteiger partial charge in [-0.2, -0.15) is 13.2 Å². The van der Waals surface area contributed by atoms with E-state index in [1.54, 1.807) is 20.8 Å². The topological polar surface area (TPSA) is 62.5 Å². The highest BCUT2D eigenvalue weighted by Crippen LogP contribution is 2.42. The number of nitrogens with one attached hydrogen (secondary N) is 1.